The van der Waals surface area contributed by atoms with Crippen LogP contribution in [0, 0.1) is 0 Å². The number of methoxy groups -OCH3 is 1. The van der Waals surface area contributed by atoms with Crippen LogP contribution < -0.4 is 0 Å². The van der Waals surface area contributed by atoms with E-state index in [2.05, 4.69) is 49.8 Å². The summed E-state index contributed by atoms with van der Waals surface area (Å²) in [6.45, 7) is 11.8. The van der Waals surface area contributed by atoms with Crippen LogP contribution in [-0.2, 0) is 15.6 Å². The van der Waals surface area contributed by atoms with Gasteiger partial charge in [-0.2, -0.15) is 0 Å². The molecule has 0 saturated carbocycles. The molecule has 1 heterocycles. The van der Waals surface area contributed by atoms with Gasteiger partial charge in [0.2, 0.25) is 0 Å². The number of carbonyl (C=O) groups excluding carboxylic acids is 1. The van der Waals surface area contributed by atoms with Crippen LogP contribution in [0.15, 0.2) is 27.1 Å². The van der Waals surface area contributed by atoms with Gasteiger partial charge in [0.05, 0.1) is 17.1 Å². The second-order valence-corrected chi connectivity index (χ2v) is 13.1. The molecule has 0 fully saturated rings. The Morgan fingerprint density at radius 2 is 1.92 bits per heavy atom. The van der Waals surface area contributed by atoms with E-state index in [0.29, 0.717) is 18.6 Å². The number of halogens is 1. The van der Waals surface area contributed by atoms with Gasteiger partial charge in [-0.25, -0.2) is 4.79 Å². The number of ether oxygens (including phenoxy) is 1. The van der Waals surface area contributed by atoms with Crippen molar-refractivity contribution in [2.45, 2.75) is 45.3 Å². The minimum absolute atomic E-state index is 0.194. The van der Waals surface area contributed by atoms with E-state index in [4.69, 9.17) is 13.6 Å². The zero-order valence-corrected chi connectivity index (χ0v) is 17.7. The summed E-state index contributed by atoms with van der Waals surface area (Å²) in [6.07, 6.45) is 0.710. The highest BCUT2D eigenvalue weighted by Crippen LogP contribution is 2.36. The van der Waals surface area contributed by atoms with Crippen LogP contribution in [0.5, 0.6) is 0 Å². The van der Waals surface area contributed by atoms with Crippen LogP contribution in [0.1, 0.15) is 36.9 Å². The molecule has 1 aromatic carbocycles. The number of hydrogen-bond donors (Lipinski definition) is 0. The molecule has 24 heavy (non-hydrogen) atoms. The molecular weight excluding hydrogens is 388 g/mol. The van der Waals surface area contributed by atoms with Crippen LogP contribution in [0.25, 0.3) is 11.0 Å². The second-order valence-electron chi connectivity index (χ2n) is 7.44. The summed E-state index contributed by atoms with van der Waals surface area (Å²) in [6, 6.07) is 5.46. The monoisotopic (exact) mass is 412 g/mol. The molecule has 0 radical (unpaired) electrons. The molecule has 0 saturated heterocycles. The van der Waals surface area contributed by atoms with Crippen LogP contribution >= 0.6 is 15.9 Å². The van der Waals surface area contributed by atoms with Crippen molar-refractivity contribution in [3.63, 3.8) is 0 Å². The zero-order valence-electron chi connectivity index (χ0n) is 15.2. The summed E-state index contributed by atoms with van der Waals surface area (Å²) in [5, 5.41) is 1.08. The van der Waals surface area contributed by atoms with Gasteiger partial charge >= 0.3 is 5.97 Å². The van der Waals surface area contributed by atoms with Crippen LogP contribution in [0.3, 0.4) is 0 Å². The molecule has 0 atom stereocenters. The lowest BCUT2D eigenvalue weighted by Crippen LogP contribution is -2.41. The normalized spacial score (nSPS) is 12.6. The van der Waals surface area contributed by atoms with Gasteiger partial charge in [-0.15, -0.1) is 0 Å². The summed E-state index contributed by atoms with van der Waals surface area (Å²) >= 11 is 3.46. The lowest BCUT2D eigenvalue weighted by Gasteiger charge is -2.36. The van der Waals surface area contributed by atoms with Crippen molar-refractivity contribution in [1.82, 2.24) is 0 Å². The van der Waals surface area contributed by atoms with Gasteiger partial charge in [-0.3, -0.25) is 0 Å². The first kappa shape index (κ1) is 19.2. The van der Waals surface area contributed by atoms with Crippen molar-refractivity contribution in [1.29, 1.82) is 0 Å². The molecule has 4 nitrogen and oxygen atoms in total. The average Bonchev–Trinajstić information content (AvgIpc) is 2.88. The molecule has 0 aliphatic rings. The molecule has 1 aromatic heterocycles. The number of esters is 1. The fourth-order valence-corrected chi connectivity index (χ4v) is 3.75. The van der Waals surface area contributed by atoms with Gasteiger partial charge in [0.25, 0.3) is 0 Å². The predicted octanol–water partition coefficient (Wildman–Crippen LogP) is 5.55. The van der Waals surface area contributed by atoms with E-state index in [0.717, 1.165) is 21.2 Å². The highest BCUT2D eigenvalue weighted by molar-refractivity contribution is 9.10. The average molecular weight is 413 g/mol. The van der Waals surface area contributed by atoms with Gasteiger partial charge in [-0.05, 0) is 52.3 Å². The van der Waals surface area contributed by atoms with Crippen molar-refractivity contribution < 1.29 is 18.4 Å². The predicted molar refractivity (Wildman–Crippen MR) is 102 cm³/mol. The second kappa shape index (κ2) is 7.02. The Balaban J connectivity index is 2.14. The molecule has 2 aromatic rings. The lowest BCUT2D eigenvalue weighted by atomic mass is 10.1. The molecule has 2 rings (SSSR count). The maximum absolute atomic E-state index is 11.7. The highest BCUT2D eigenvalue weighted by atomic mass is 79.9. The third-order valence-corrected chi connectivity index (χ3v) is 9.79. The molecule has 0 bridgehead atoms. The molecule has 6 heteroatoms. The third-order valence-electron chi connectivity index (χ3n) is 4.66. The smallest absolute Gasteiger partial charge is 0.337 e. The molecule has 0 unspecified atom stereocenters. The Morgan fingerprint density at radius 1 is 1.25 bits per heavy atom. The van der Waals surface area contributed by atoms with Gasteiger partial charge in [0.15, 0.2) is 8.32 Å². The molecule has 0 aliphatic heterocycles. The number of benzene rings is 1. The van der Waals surface area contributed by atoms with Gasteiger partial charge in [-0.1, -0.05) is 20.8 Å². The van der Waals surface area contributed by atoms with Gasteiger partial charge < -0.3 is 13.6 Å². The lowest BCUT2D eigenvalue weighted by molar-refractivity contribution is 0.0601. The first-order chi connectivity index (χ1) is 11.0. The highest BCUT2D eigenvalue weighted by Gasteiger charge is 2.36. The standard InChI is InChI=1S/C18H25BrO4Si/c1-18(2,3)24(5,6)22-8-7-14-10-12-9-13(17(20)21-4)11-15(19)16(12)23-14/h9-11H,7-8H2,1-6H3. The fraction of sp³-hybridized carbons (Fsp3) is 0.500. The molecule has 0 spiro atoms. The number of hydrogen-bond acceptors (Lipinski definition) is 4. The first-order valence-electron chi connectivity index (χ1n) is 7.99. The minimum atomic E-state index is -1.75. The van der Waals surface area contributed by atoms with E-state index >= 15 is 0 Å². The number of furan rings is 1. The Kier molecular flexibility index (Phi) is 5.62. The summed E-state index contributed by atoms with van der Waals surface area (Å²) in [4.78, 5) is 11.7. The maximum atomic E-state index is 11.7. The van der Waals surface area contributed by atoms with E-state index in [1.54, 1.807) is 12.1 Å². The Hall–Kier alpha value is -1.11. The summed E-state index contributed by atoms with van der Waals surface area (Å²) in [5.74, 6) is 0.494. The molecule has 132 valence electrons. The molecule has 0 N–H and O–H groups in total. The van der Waals surface area contributed by atoms with E-state index in [1.165, 1.54) is 7.11 Å². The zero-order chi connectivity index (χ0) is 18.1. The van der Waals surface area contributed by atoms with Crippen molar-refractivity contribution in [2.75, 3.05) is 13.7 Å². The van der Waals surface area contributed by atoms with E-state index in [9.17, 15) is 4.79 Å². The summed E-state index contributed by atoms with van der Waals surface area (Å²) in [7, 11) is -0.375. The number of rotatable bonds is 5. The van der Waals surface area contributed by atoms with Crippen molar-refractivity contribution in [3.8, 4) is 0 Å². The molecule has 0 aliphatic carbocycles. The van der Waals surface area contributed by atoms with Crippen LogP contribution in [0.2, 0.25) is 18.1 Å². The quantitative estimate of drug-likeness (QED) is 0.477. The Morgan fingerprint density at radius 3 is 2.50 bits per heavy atom. The molecule has 0 amide bonds. The summed E-state index contributed by atoms with van der Waals surface area (Å²) in [5.41, 5.74) is 1.24. The van der Waals surface area contributed by atoms with Crippen molar-refractivity contribution in [2.24, 2.45) is 0 Å². The van der Waals surface area contributed by atoms with Crippen LogP contribution in [-0.4, -0.2) is 28.0 Å². The topological polar surface area (TPSA) is 48.7 Å². The minimum Gasteiger partial charge on any atom is -0.465 e. The van der Waals surface area contributed by atoms with Crippen molar-refractivity contribution in [3.05, 3.63) is 34.0 Å². The van der Waals surface area contributed by atoms with Crippen LogP contribution in [0.4, 0.5) is 0 Å². The Labute approximate surface area is 152 Å². The van der Waals surface area contributed by atoms with Gasteiger partial charge in [0, 0.05) is 18.4 Å². The first-order valence-corrected chi connectivity index (χ1v) is 11.7. The third kappa shape index (κ3) is 4.10. The van der Waals surface area contributed by atoms with E-state index in [1.807, 2.05) is 6.07 Å². The number of fused-ring (bicyclic) bond motifs is 1. The van der Waals surface area contributed by atoms with Crippen molar-refractivity contribution >= 4 is 41.2 Å². The maximum Gasteiger partial charge on any atom is 0.337 e. The Bertz CT molecular complexity index is 743. The fourth-order valence-electron chi connectivity index (χ4n) is 2.15. The largest absolute Gasteiger partial charge is 0.465 e. The van der Waals surface area contributed by atoms with E-state index < -0.39 is 8.32 Å². The SMILES string of the molecule is COC(=O)c1cc(Br)c2oc(CCO[Si](C)(C)C(C)(C)C)cc2c1. The number of carbonyl (C=O) groups is 1. The van der Waals surface area contributed by atoms with Gasteiger partial charge in [0.1, 0.15) is 11.3 Å². The van der Waals surface area contributed by atoms with E-state index in [-0.39, 0.29) is 11.0 Å². The molecular formula is C18H25BrO4Si. The summed E-state index contributed by atoms with van der Waals surface area (Å²) < 4.78 is 17.6.